The topological polar surface area (TPSA) is 49.6 Å². The van der Waals surface area contributed by atoms with Crippen LogP contribution in [-0.4, -0.2) is 28.9 Å². The minimum absolute atomic E-state index is 0.0519. The van der Waals surface area contributed by atoms with E-state index in [-0.39, 0.29) is 18.1 Å². The first-order valence-corrected chi connectivity index (χ1v) is 8.05. The smallest absolute Gasteiger partial charge is 0.321 e. The van der Waals surface area contributed by atoms with Crippen molar-refractivity contribution in [2.75, 3.05) is 18.8 Å². The zero-order chi connectivity index (χ0) is 16.4. The number of nitrogens with zero attached hydrogens (tertiary/aromatic N) is 2. The highest BCUT2D eigenvalue weighted by Gasteiger charge is 2.35. The van der Waals surface area contributed by atoms with Gasteiger partial charge in [-0.2, -0.15) is 0 Å². The van der Waals surface area contributed by atoms with E-state index in [1.54, 1.807) is 0 Å². The van der Waals surface area contributed by atoms with Crippen molar-refractivity contribution in [1.29, 1.82) is 0 Å². The van der Waals surface area contributed by atoms with Crippen LogP contribution < -0.4 is 5.73 Å². The number of hydrogen-bond donors (Lipinski definition) is 1. The molecule has 1 aliphatic heterocycles. The molecule has 2 N–H and O–H groups in total. The van der Waals surface area contributed by atoms with Gasteiger partial charge in [-0.3, -0.25) is 0 Å². The second kappa shape index (κ2) is 6.32. The number of amides is 2. The number of hydrogen-bond acceptors (Lipinski definition) is 2. The number of carbonyl (C=O) groups is 1. The van der Waals surface area contributed by atoms with Crippen molar-refractivity contribution in [1.82, 2.24) is 9.80 Å². The number of carbonyl (C=O) groups excluding carboxylic acids is 1. The fraction of sp³-hybridized carbons (Fsp3) is 0.316. The van der Waals surface area contributed by atoms with Crippen LogP contribution in [0.3, 0.4) is 0 Å². The summed E-state index contributed by atoms with van der Waals surface area (Å²) in [4.78, 5) is 16.7. The second-order valence-corrected chi connectivity index (χ2v) is 6.10. The van der Waals surface area contributed by atoms with Gasteiger partial charge in [0.05, 0.1) is 12.1 Å². The Balaban J connectivity index is 1.75. The van der Waals surface area contributed by atoms with Gasteiger partial charge in [-0.05, 0) is 37.1 Å². The summed E-state index contributed by atoms with van der Waals surface area (Å²) in [6.07, 6.45) is 0. The van der Waals surface area contributed by atoms with Gasteiger partial charge in [0, 0.05) is 18.8 Å². The Labute approximate surface area is 137 Å². The summed E-state index contributed by atoms with van der Waals surface area (Å²) in [6.45, 7) is 5.67. The molecule has 1 heterocycles. The normalized spacial score (nSPS) is 17.4. The van der Waals surface area contributed by atoms with Crippen LogP contribution in [0.25, 0.3) is 0 Å². The molecule has 120 valence electrons. The first-order valence-electron chi connectivity index (χ1n) is 8.05. The van der Waals surface area contributed by atoms with Gasteiger partial charge < -0.3 is 15.5 Å². The van der Waals surface area contributed by atoms with Crippen LogP contribution in [0.5, 0.6) is 0 Å². The third-order valence-electron chi connectivity index (χ3n) is 4.71. The van der Waals surface area contributed by atoms with Crippen molar-refractivity contribution in [3.05, 3.63) is 65.7 Å². The molecule has 2 atom stereocenters. The van der Waals surface area contributed by atoms with E-state index in [2.05, 4.69) is 26.0 Å². The van der Waals surface area contributed by atoms with E-state index in [0.717, 1.165) is 24.3 Å². The van der Waals surface area contributed by atoms with Gasteiger partial charge in [0.2, 0.25) is 0 Å². The van der Waals surface area contributed by atoms with E-state index in [4.69, 9.17) is 5.73 Å². The summed E-state index contributed by atoms with van der Waals surface area (Å²) < 4.78 is 0. The molecule has 1 aliphatic rings. The minimum atomic E-state index is 0.0519. The molecular weight excluding hydrogens is 286 g/mol. The first kappa shape index (κ1) is 15.4. The van der Waals surface area contributed by atoms with E-state index >= 15 is 0 Å². The molecule has 0 aliphatic carbocycles. The molecule has 2 aromatic rings. The third kappa shape index (κ3) is 3.02. The highest BCUT2D eigenvalue weighted by atomic mass is 16.2. The lowest BCUT2D eigenvalue weighted by molar-refractivity contribution is 0.170. The maximum absolute atomic E-state index is 12.8. The SMILES string of the molecule is C[C@@H](c1ccccc1)N1CCN([C@@H](C)c2ccc(N)cc2)C1=O. The number of benzene rings is 2. The van der Waals surface area contributed by atoms with Gasteiger partial charge in [0.1, 0.15) is 0 Å². The molecule has 0 unspecified atom stereocenters. The summed E-state index contributed by atoms with van der Waals surface area (Å²) >= 11 is 0. The highest BCUT2D eigenvalue weighted by Crippen LogP contribution is 2.30. The van der Waals surface area contributed by atoms with Crippen molar-refractivity contribution in [3.8, 4) is 0 Å². The van der Waals surface area contributed by atoms with E-state index in [9.17, 15) is 4.79 Å². The fourth-order valence-electron chi connectivity index (χ4n) is 3.16. The molecule has 2 amide bonds. The molecule has 0 radical (unpaired) electrons. The first-order chi connectivity index (χ1) is 11.1. The van der Waals surface area contributed by atoms with Crippen LogP contribution in [0.15, 0.2) is 54.6 Å². The molecule has 0 spiro atoms. The van der Waals surface area contributed by atoms with Crippen molar-refractivity contribution < 1.29 is 4.79 Å². The van der Waals surface area contributed by atoms with Crippen LogP contribution in [0, 0.1) is 0 Å². The molecule has 2 aromatic carbocycles. The Morgan fingerprint density at radius 3 is 1.83 bits per heavy atom. The number of urea groups is 1. The van der Waals surface area contributed by atoms with Gasteiger partial charge >= 0.3 is 6.03 Å². The van der Waals surface area contributed by atoms with E-state index in [1.165, 1.54) is 5.56 Å². The molecule has 23 heavy (non-hydrogen) atoms. The lowest BCUT2D eigenvalue weighted by Gasteiger charge is -2.28. The quantitative estimate of drug-likeness (QED) is 0.873. The lowest BCUT2D eigenvalue weighted by Crippen LogP contribution is -2.35. The standard InChI is InChI=1S/C19H23N3O/c1-14(16-6-4-3-5-7-16)21-12-13-22(19(21)23)15(2)17-8-10-18(20)11-9-17/h3-11,14-15H,12-13,20H2,1-2H3/t14-,15-/m0/s1. The Hall–Kier alpha value is -2.49. The molecule has 1 saturated heterocycles. The van der Waals surface area contributed by atoms with Gasteiger partial charge in [0.15, 0.2) is 0 Å². The third-order valence-corrected chi connectivity index (χ3v) is 4.71. The van der Waals surface area contributed by atoms with Crippen LogP contribution >= 0.6 is 0 Å². The van der Waals surface area contributed by atoms with Gasteiger partial charge in [-0.15, -0.1) is 0 Å². The number of anilines is 1. The zero-order valence-corrected chi connectivity index (χ0v) is 13.6. The molecule has 1 fully saturated rings. The van der Waals surface area contributed by atoms with Gasteiger partial charge in [-0.25, -0.2) is 4.79 Å². The van der Waals surface area contributed by atoms with Crippen LogP contribution in [0.4, 0.5) is 10.5 Å². The maximum Gasteiger partial charge on any atom is 0.321 e. The van der Waals surface area contributed by atoms with Gasteiger partial charge in [-0.1, -0.05) is 42.5 Å². The fourth-order valence-corrected chi connectivity index (χ4v) is 3.16. The summed E-state index contributed by atoms with van der Waals surface area (Å²) in [5.74, 6) is 0. The number of nitrogens with two attached hydrogens (primary N) is 1. The molecule has 0 aromatic heterocycles. The maximum atomic E-state index is 12.8. The Morgan fingerprint density at radius 1 is 0.826 bits per heavy atom. The molecule has 0 bridgehead atoms. The average Bonchev–Trinajstić information content (AvgIpc) is 2.96. The molecule has 4 nitrogen and oxygen atoms in total. The van der Waals surface area contributed by atoms with Crippen molar-refractivity contribution >= 4 is 11.7 Å². The summed E-state index contributed by atoms with van der Waals surface area (Å²) in [5, 5.41) is 0. The van der Waals surface area contributed by atoms with Crippen molar-refractivity contribution in [3.63, 3.8) is 0 Å². The van der Waals surface area contributed by atoms with Crippen molar-refractivity contribution in [2.24, 2.45) is 0 Å². The Morgan fingerprint density at radius 2 is 1.30 bits per heavy atom. The van der Waals surface area contributed by atoms with E-state index in [1.807, 2.05) is 52.3 Å². The van der Waals surface area contributed by atoms with Crippen LogP contribution in [0.1, 0.15) is 37.1 Å². The number of nitrogen functional groups attached to an aromatic ring is 1. The largest absolute Gasteiger partial charge is 0.399 e. The average molecular weight is 309 g/mol. The lowest BCUT2D eigenvalue weighted by atomic mass is 10.1. The van der Waals surface area contributed by atoms with Crippen molar-refractivity contribution in [2.45, 2.75) is 25.9 Å². The van der Waals surface area contributed by atoms with E-state index in [0.29, 0.717) is 0 Å². The molecule has 3 rings (SSSR count). The minimum Gasteiger partial charge on any atom is -0.399 e. The van der Waals surface area contributed by atoms with Gasteiger partial charge in [0.25, 0.3) is 0 Å². The predicted molar refractivity (Wildman–Crippen MR) is 92.9 cm³/mol. The summed E-state index contributed by atoms with van der Waals surface area (Å²) in [7, 11) is 0. The van der Waals surface area contributed by atoms with Crippen LogP contribution in [0.2, 0.25) is 0 Å². The number of rotatable bonds is 4. The Kier molecular flexibility index (Phi) is 4.24. The molecule has 4 heteroatoms. The summed E-state index contributed by atoms with van der Waals surface area (Å²) in [5.41, 5.74) is 8.77. The summed E-state index contributed by atoms with van der Waals surface area (Å²) in [6, 6.07) is 18.2. The second-order valence-electron chi connectivity index (χ2n) is 6.10. The zero-order valence-electron chi connectivity index (χ0n) is 13.6. The van der Waals surface area contributed by atoms with E-state index < -0.39 is 0 Å². The monoisotopic (exact) mass is 309 g/mol. The Bertz CT molecular complexity index is 669. The molecular formula is C19H23N3O. The predicted octanol–water partition coefficient (Wildman–Crippen LogP) is 3.83. The van der Waals surface area contributed by atoms with Crippen LogP contribution in [-0.2, 0) is 0 Å². The molecule has 0 saturated carbocycles. The highest BCUT2D eigenvalue weighted by molar-refractivity contribution is 5.77.